The number of azo groups is 1. The Balaban J connectivity index is 0.000000994. The number of nitrogens with zero attached hydrogens (tertiary/aromatic N) is 3. The third-order valence-electron chi connectivity index (χ3n) is 4.74. The van der Waals surface area contributed by atoms with Crippen LogP contribution >= 0.6 is 0 Å². The lowest BCUT2D eigenvalue weighted by atomic mass is 10.0. The van der Waals surface area contributed by atoms with E-state index in [9.17, 15) is 4.39 Å². The number of hydrogen-bond acceptors (Lipinski definition) is 4. The minimum Gasteiger partial charge on any atom is -0.398 e. The maximum Gasteiger partial charge on any atom is 0.0943 e. The summed E-state index contributed by atoms with van der Waals surface area (Å²) in [4.78, 5) is 4.87. The molecule has 0 fully saturated rings. The fraction of sp³-hybridized carbons (Fsp3) is 0.0417. The number of fused-ring (bicyclic) bond motifs is 4. The van der Waals surface area contributed by atoms with Gasteiger partial charge in [0.25, 0.3) is 0 Å². The summed E-state index contributed by atoms with van der Waals surface area (Å²) in [7, 11) is 0.500. The number of nitrogen functional groups attached to an aromatic ring is 1. The zero-order chi connectivity index (χ0) is 20.2. The Hall–Kier alpha value is -3.86. The fourth-order valence-electron chi connectivity index (χ4n) is 3.42. The highest BCUT2D eigenvalue weighted by atomic mass is 19.1. The number of halogens is 1. The normalized spacial score (nSPS) is 11.1. The van der Waals surface area contributed by atoms with E-state index in [1.807, 2.05) is 78.9 Å². The molecule has 0 atom stereocenters. The number of para-hydroxylation sites is 1. The molecule has 142 valence electrons. The number of alkyl halides is 1. The van der Waals surface area contributed by atoms with Crippen molar-refractivity contribution in [3.8, 4) is 0 Å². The second-order valence-corrected chi connectivity index (χ2v) is 6.42. The number of anilines is 1. The summed E-state index contributed by atoms with van der Waals surface area (Å²) in [5.41, 5.74) is 10.6. The van der Waals surface area contributed by atoms with Crippen molar-refractivity contribution in [1.29, 1.82) is 0 Å². The van der Waals surface area contributed by atoms with Crippen molar-refractivity contribution in [2.45, 2.75) is 0 Å². The number of pyridine rings is 1. The van der Waals surface area contributed by atoms with Crippen LogP contribution < -0.4 is 5.73 Å². The molecule has 5 aromatic rings. The van der Waals surface area contributed by atoms with E-state index in [1.54, 1.807) is 0 Å². The van der Waals surface area contributed by atoms with Gasteiger partial charge in [0.1, 0.15) is 0 Å². The van der Waals surface area contributed by atoms with Crippen molar-refractivity contribution >= 4 is 49.6 Å². The summed E-state index contributed by atoms with van der Waals surface area (Å²) in [6.45, 7) is 0. The van der Waals surface area contributed by atoms with E-state index in [2.05, 4.69) is 16.3 Å². The molecule has 1 heterocycles. The van der Waals surface area contributed by atoms with Crippen LogP contribution in [0.5, 0.6) is 0 Å². The van der Waals surface area contributed by atoms with Crippen LogP contribution in [-0.2, 0) is 0 Å². The lowest BCUT2D eigenvalue weighted by Crippen LogP contribution is -1.93. The summed E-state index contributed by atoms with van der Waals surface area (Å²) < 4.78 is 9.50. The molecule has 0 aliphatic heterocycles. The molecule has 5 rings (SSSR count). The molecule has 5 heteroatoms. The molecule has 1 aromatic heterocycles. The van der Waals surface area contributed by atoms with E-state index in [0.29, 0.717) is 7.18 Å². The van der Waals surface area contributed by atoms with Gasteiger partial charge in [-0.1, -0.05) is 60.7 Å². The van der Waals surface area contributed by atoms with E-state index < -0.39 is 0 Å². The van der Waals surface area contributed by atoms with Crippen LogP contribution in [0.3, 0.4) is 0 Å². The summed E-state index contributed by atoms with van der Waals surface area (Å²) in [6, 6.07) is 27.7. The van der Waals surface area contributed by atoms with Gasteiger partial charge in [0.2, 0.25) is 0 Å². The number of nitrogens with two attached hydrogens (primary N) is 1. The Morgan fingerprint density at radius 2 is 1.31 bits per heavy atom. The number of aromatic nitrogens is 1. The van der Waals surface area contributed by atoms with E-state index in [0.717, 1.165) is 49.6 Å². The van der Waals surface area contributed by atoms with Gasteiger partial charge >= 0.3 is 0 Å². The van der Waals surface area contributed by atoms with Crippen LogP contribution in [0.15, 0.2) is 95.2 Å². The van der Waals surface area contributed by atoms with Crippen molar-refractivity contribution in [3.63, 3.8) is 0 Å². The molecular weight excluding hydrogens is 363 g/mol. The van der Waals surface area contributed by atoms with Crippen molar-refractivity contribution in [1.82, 2.24) is 4.98 Å². The largest absolute Gasteiger partial charge is 0.398 e. The number of rotatable bonds is 2. The van der Waals surface area contributed by atoms with Crippen LogP contribution in [-0.4, -0.2) is 12.2 Å². The minimum atomic E-state index is 0.500. The van der Waals surface area contributed by atoms with Gasteiger partial charge in [0.05, 0.1) is 35.3 Å². The number of benzene rings is 4. The van der Waals surface area contributed by atoms with Crippen LogP contribution in [0.25, 0.3) is 32.6 Å². The molecule has 0 saturated heterocycles. The van der Waals surface area contributed by atoms with Gasteiger partial charge in [0, 0.05) is 21.5 Å². The molecule has 29 heavy (non-hydrogen) atoms. The maximum atomic E-state index is 9.50. The van der Waals surface area contributed by atoms with Crippen LogP contribution in [0, 0.1) is 0 Å². The van der Waals surface area contributed by atoms with Crippen molar-refractivity contribution < 1.29 is 4.39 Å². The second kappa shape index (κ2) is 8.02. The predicted molar refractivity (Wildman–Crippen MR) is 119 cm³/mol. The topological polar surface area (TPSA) is 63.6 Å². The highest BCUT2D eigenvalue weighted by Crippen LogP contribution is 2.38. The molecule has 2 N–H and O–H groups in total. The summed E-state index contributed by atoms with van der Waals surface area (Å²) in [5.74, 6) is 0. The molecule has 4 nitrogen and oxygen atoms in total. The average Bonchev–Trinajstić information content (AvgIpc) is 2.80. The van der Waals surface area contributed by atoms with Gasteiger partial charge in [-0.2, -0.15) is 5.11 Å². The first-order chi connectivity index (χ1) is 14.3. The Labute approximate surface area is 167 Å². The van der Waals surface area contributed by atoms with Crippen molar-refractivity contribution in [2.75, 3.05) is 12.9 Å². The SMILES string of the molecule is CF.Nc1c2ccccc2nc2c1cc(N=Nc1ccccc1)c1ccccc12. The third kappa shape index (κ3) is 3.38. The lowest BCUT2D eigenvalue weighted by Gasteiger charge is -2.11. The van der Waals surface area contributed by atoms with E-state index in [4.69, 9.17) is 10.7 Å². The van der Waals surface area contributed by atoms with Gasteiger partial charge in [0.15, 0.2) is 0 Å². The molecule has 0 unspecified atom stereocenters. The zero-order valence-electron chi connectivity index (χ0n) is 15.9. The number of hydrogen-bond donors (Lipinski definition) is 1. The van der Waals surface area contributed by atoms with E-state index >= 15 is 0 Å². The van der Waals surface area contributed by atoms with Crippen LogP contribution in [0.2, 0.25) is 0 Å². The molecule has 0 aliphatic rings. The molecule has 0 spiro atoms. The van der Waals surface area contributed by atoms with E-state index in [-0.39, 0.29) is 0 Å². The predicted octanol–water partition coefficient (Wildman–Crippen LogP) is 7.12. The molecule has 4 aromatic carbocycles. The first-order valence-electron chi connectivity index (χ1n) is 9.15. The minimum absolute atomic E-state index is 0.500. The maximum absolute atomic E-state index is 9.50. The summed E-state index contributed by atoms with van der Waals surface area (Å²) in [5, 5.41) is 12.8. The van der Waals surface area contributed by atoms with Crippen molar-refractivity contribution in [2.24, 2.45) is 10.2 Å². The Bertz CT molecular complexity index is 1330. The molecule has 0 aliphatic carbocycles. The smallest absolute Gasteiger partial charge is 0.0943 e. The molecular formula is C24H19FN4. The quantitative estimate of drug-likeness (QED) is 0.201. The van der Waals surface area contributed by atoms with Gasteiger partial charge in [-0.25, -0.2) is 4.98 Å². The molecule has 0 amide bonds. The first-order valence-corrected chi connectivity index (χ1v) is 9.15. The van der Waals surface area contributed by atoms with Crippen molar-refractivity contribution in [3.05, 3.63) is 84.9 Å². The second-order valence-electron chi connectivity index (χ2n) is 6.42. The van der Waals surface area contributed by atoms with Gasteiger partial charge < -0.3 is 5.73 Å². The van der Waals surface area contributed by atoms with Gasteiger partial charge in [-0.15, -0.1) is 5.11 Å². The highest BCUT2D eigenvalue weighted by molar-refractivity contribution is 6.18. The lowest BCUT2D eigenvalue weighted by molar-refractivity contribution is 0.636. The van der Waals surface area contributed by atoms with E-state index in [1.165, 1.54) is 0 Å². The molecule has 0 bridgehead atoms. The first kappa shape index (κ1) is 18.5. The average molecular weight is 382 g/mol. The fourth-order valence-corrected chi connectivity index (χ4v) is 3.42. The summed E-state index contributed by atoms with van der Waals surface area (Å²) in [6.07, 6.45) is 0. The zero-order valence-corrected chi connectivity index (χ0v) is 15.9. The monoisotopic (exact) mass is 382 g/mol. The van der Waals surface area contributed by atoms with Crippen LogP contribution in [0.1, 0.15) is 0 Å². The Morgan fingerprint density at radius 1 is 0.690 bits per heavy atom. The third-order valence-corrected chi connectivity index (χ3v) is 4.74. The standard InChI is InChI=1S/C23H16N4.CH3F/c24-22-18-12-6-7-13-20(18)25-23-17-11-5-4-10-16(17)21(14-19(22)23)27-26-15-8-2-1-3-9-15;1-2/h1-14H,(H2,24,25);1H3. The Morgan fingerprint density at radius 3 is 2.07 bits per heavy atom. The molecule has 0 saturated carbocycles. The summed E-state index contributed by atoms with van der Waals surface area (Å²) >= 11 is 0. The van der Waals surface area contributed by atoms with Gasteiger partial charge in [-0.3, -0.25) is 4.39 Å². The Kier molecular flexibility index (Phi) is 5.12. The van der Waals surface area contributed by atoms with Crippen LogP contribution in [0.4, 0.5) is 21.5 Å². The molecule has 0 radical (unpaired) electrons. The highest BCUT2D eigenvalue weighted by Gasteiger charge is 2.12. The van der Waals surface area contributed by atoms with Gasteiger partial charge in [-0.05, 0) is 24.3 Å².